The maximum atomic E-state index is 11.6. The lowest BCUT2D eigenvalue weighted by Crippen LogP contribution is -2.23. The van der Waals surface area contributed by atoms with Gasteiger partial charge in [0.1, 0.15) is 5.78 Å². The van der Waals surface area contributed by atoms with Gasteiger partial charge in [0.15, 0.2) is 5.96 Å². The zero-order chi connectivity index (χ0) is 10.4. The standard InChI is InChI=1S/C10H19N3O/c11-10(12)13-7-3-6-9(14)8-4-1-2-5-8/h8H,1-7H2,(H4,11,12,13). The topological polar surface area (TPSA) is 81.5 Å². The molecule has 1 rings (SSSR count). The van der Waals surface area contributed by atoms with Crippen LogP contribution in [-0.4, -0.2) is 18.3 Å². The van der Waals surface area contributed by atoms with Crippen LogP contribution in [-0.2, 0) is 4.79 Å². The van der Waals surface area contributed by atoms with Crippen LogP contribution in [0.1, 0.15) is 38.5 Å². The fourth-order valence-electron chi connectivity index (χ4n) is 1.91. The van der Waals surface area contributed by atoms with Crippen molar-refractivity contribution in [2.24, 2.45) is 22.4 Å². The lowest BCUT2D eigenvalue weighted by molar-refractivity contribution is -0.122. The van der Waals surface area contributed by atoms with Crippen LogP contribution < -0.4 is 11.5 Å². The van der Waals surface area contributed by atoms with Crippen molar-refractivity contribution in [1.29, 1.82) is 0 Å². The Kier molecular flexibility index (Phi) is 4.43. The minimum absolute atomic E-state index is 0.110. The third-order valence-corrected chi connectivity index (χ3v) is 2.69. The molecule has 4 heteroatoms. The van der Waals surface area contributed by atoms with E-state index in [4.69, 9.17) is 11.5 Å². The molecule has 0 aromatic heterocycles. The Balaban J connectivity index is 2.11. The molecule has 0 aromatic carbocycles. The number of ketones is 1. The quantitative estimate of drug-likeness (QED) is 0.388. The smallest absolute Gasteiger partial charge is 0.185 e. The van der Waals surface area contributed by atoms with Gasteiger partial charge in [-0.05, 0) is 19.3 Å². The van der Waals surface area contributed by atoms with Crippen molar-refractivity contribution in [3.63, 3.8) is 0 Å². The van der Waals surface area contributed by atoms with Gasteiger partial charge in [-0.25, -0.2) is 0 Å². The molecule has 0 unspecified atom stereocenters. The molecule has 0 aromatic rings. The third-order valence-electron chi connectivity index (χ3n) is 2.69. The molecule has 0 aliphatic heterocycles. The number of hydrogen-bond donors (Lipinski definition) is 2. The van der Waals surface area contributed by atoms with Gasteiger partial charge in [-0.1, -0.05) is 12.8 Å². The summed E-state index contributed by atoms with van der Waals surface area (Å²) in [5.41, 5.74) is 10.3. The maximum Gasteiger partial charge on any atom is 0.185 e. The van der Waals surface area contributed by atoms with Crippen molar-refractivity contribution >= 4 is 11.7 Å². The minimum atomic E-state index is 0.110. The van der Waals surface area contributed by atoms with Crippen molar-refractivity contribution in [3.05, 3.63) is 0 Å². The summed E-state index contributed by atoms with van der Waals surface area (Å²) in [6, 6.07) is 0. The number of rotatable bonds is 5. The summed E-state index contributed by atoms with van der Waals surface area (Å²) in [5.74, 6) is 0.834. The van der Waals surface area contributed by atoms with Gasteiger partial charge in [0.25, 0.3) is 0 Å². The number of aliphatic imine (C=N–C) groups is 1. The molecule has 1 aliphatic rings. The van der Waals surface area contributed by atoms with Crippen molar-refractivity contribution < 1.29 is 4.79 Å². The molecule has 80 valence electrons. The van der Waals surface area contributed by atoms with Gasteiger partial charge >= 0.3 is 0 Å². The largest absolute Gasteiger partial charge is 0.370 e. The molecule has 4 N–H and O–H groups in total. The first-order valence-corrected chi connectivity index (χ1v) is 5.28. The number of Topliss-reactive ketones (excluding diaryl/α,β-unsaturated/α-hetero) is 1. The predicted molar refractivity (Wildman–Crippen MR) is 56.9 cm³/mol. The van der Waals surface area contributed by atoms with Gasteiger partial charge in [-0.15, -0.1) is 0 Å². The van der Waals surface area contributed by atoms with Gasteiger partial charge in [0.05, 0.1) is 0 Å². The Morgan fingerprint density at radius 3 is 2.50 bits per heavy atom. The molecular weight excluding hydrogens is 178 g/mol. The van der Waals surface area contributed by atoms with Crippen LogP contribution in [0.4, 0.5) is 0 Å². The van der Waals surface area contributed by atoms with E-state index in [2.05, 4.69) is 4.99 Å². The molecule has 0 spiro atoms. The van der Waals surface area contributed by atoms with Crippen LogP contribution in [0.5, 0.6) is 0 Å². The molecule has 14 heavy (non-hydrogen) atoms. The monoisotopic (exact) mass is 197 g/mol. The fourth-order valence-corrected chi connectivity index (χ4v) is 1.91. The number of carbonyl (C=O) groups excluding carboxylic acids is 1. The van der Waals surface area contributed by atoms with Crippen LogP contribution in [0.15, 0.2) is 4.99 Å². The van der Waals surface area contributed by atoms with Crippen molar-refractivity contribution in [2.45, 2.75) is 38.5 Å². The Bertz CT molecular complexity index is 215. The molecular formula is C10H19N3O. The molecule has 0 amide bonds. The molecule has 4 nitrogen and oxygen atoms in total. The summed E-state index contributed by atoms with van der Waals surface area (Å²) in [5, 5.41) is 0. The van der Waals surface area contributed by atoms with E-state index in [-0.39, 0.29) is 5.96 Å². The van der Waals surface area contributed by atoms with Crippen LogP contribution in [0.25, 0.3) is 0 Å². The summed E-state index contributed by atoms with van der Waals surface area (Å²) < 4.78 is 0. The number of nitrogens with two attached hydrogens (primary N) is 2. The molecule has 1 saturated carbocycles. The Hall–Kier alpha value is -1.06. The molecule has 0 atom stereocenters. The van der Waals surface area contributed by atoms with E-state index < -0.39 is 0 Å². The summed E-state index contributed by atoms with van der Waals surface area (Å²) in [4.78, 5) is 15.4. The van der Waals surface area contributed by atoms with E-state index in [0.29, 0.717) is 24.7 Å². The molecule has 0 bridgehead atoms. The van der Waals surface area contributed by atoms with Gasteiger partial charge in [0, 0.05) is 18.9 Å². The first kappa shape index (κ1) is 11.0. The van der Waals surface area contributed by atoms with Crippen LogP contribution >= 0.6 is 0 Å². The van der Waals surface area contributed by atoms with E-state index in [9.17, 15) is 4.79 Å². The number of nitrogens with zero attached hydrogens (tertiary/aromatic N) is 1. The molecule has 0 heterocycles. The first-order valence-electron chi connectivity index (χ1n) is 5.28. The highest BCUT2D eigenvalue weighted by Crippen LogP contribution is 2.26. The number of guanidine groups is 1. The third kappa shape index (κ3) is 3.77. The van der Waals surface area contributed by atoms with Gasteiger partial charge in [-0.3, -0.25) is 9.79 Å². The van der Waals surface area contributed by atoms with Crippen molar-refractivity contribution in [3.8, 4) is 0 Å². The average Bonchev–Trinajstić information content (AvgIpc) is 2.64. The van der Waals surface area contributed by atoms with E-state index in [1.165, 1.54) is 12.8 Å². The molecule has 1 fully saturated rings. The Labute approximate surface area is 84.8 Å². The second kappa shape index (κ2) is 5.62. The Morgan fingerprint density at radius 2 is 1.93 bits per heavy atom. The zero-order valence-electron chi connectivity index (χ0n) is 8.54. The highest BCUT2D eigenvalue weighted by molar-refractivity contribution is 5.81. The molecule has 0 saturated heterocycles. The highest BCUT2D eigenvalue weighted by atomic mass is 16.1. The van der Waals surface area contributed by atoms with Crippen molar-refractivity contribution in [1.82, 2.24) is 0 Å². The van der Waals surface area contributed by atoms with Crippen LogP contribution in [0, 0.1) is 5.92 Å². The van der Waals surface area contributed by atoms with E-state index in [1.807, 2.05) is 0 Å². The molecule has 1 aliphatic carbocycles. The van der Waals surface area contributed by atoms with Crippen LogP contribution in [0.2, 0.25) is 0 Å². The molecule has 0 radical (unpaired) electrons. The minimum Gasteiger partial charge on any atom is -0.370 e. The van der Waals surface area contributed by atoms with Crippen molar-refractivity contribution in [2.75, 3.05) is 6.54 Å². The second-order valence-corrected chi connectivity index (χ2v) is 3.86. The number of carbonyl (C=O) groups is 1. The van der Waals surface area contributed by atoms with E-state index >= 15 is 0 Å². The summed E-state index contributed by atoms with van der Waals surface area (Å²) >= 11 is 0. The van der Waals surface area contributed by atoms with Gasteiger partial charge in [-0.2, -0.15) is 0 Å². The summed E-state index contributed by atoms with van der Waals surface area (Å²) in [6.07, 6.45) is 5.99. The van der Waals surface area contributed by atoms with Gasteiger partial charge < -0.3 is 11.5 Å². The maximum absolute atomic E-state index is 11.6. The average molecular weight is 197 g/mol. The second-order valence-electron chi connectivity index (χ2n) is 3.86. The van der Waals surface area contributed by atoms with E-state index in [1.54, 1.807) is 0 Å². The SMILES string of the molecule is NC(N)=NCCCC(=O)C1CCCC1. The van der Waals surface area contributed by atoms with Gasteiger partial charge in [0.2, 0.25) is 0 Å². The predicted octanol–water partition coefficient (Wildman–Crippen LogP) is 0.799. The van der Waals surface area contributed by atoms with Crippen LogP contribution in [0.3, 0.4) is 0 Å². The Morgan fingerprint density at radius 1 is 1.29 bits per heavy atom. The zero-order valence-corrected chi connectivity index (χ0v) is 8.54. The highest BCUT2D eigenvalue weighted by Gasteiger charge is 2.21. The first-order chi connectivity index (χ1) is 6.70. The number of hydrogen-bond acceptors (Lipinski definition) is 2. The summed E-state index contributed by atoms with van der Waals surface area (Å²) in [6.45, 7) is 0.570. The lowest BCUT2D eigenvalue weighted by atomic mass is 9.99. The summed E-state index contributed by atoms with van der Waals surface area (Å²) in [7, 11) is 0. The lowest BCUT2D eigenvalue weighted by Gasteiger charge is -2.06. The fraction of sp³-hybridized carbons (Fsp3) is 0.800. The van der Waals surface area contributed by atoms with E-state index in [0.717, 1.165) is 19.3 Å². The normalized spacial score (nSPS) is 16.9.